The van der Waals surface area contributed by atoms with Crippen molar-refractivity contribution in [3.05, 3.63) is 30.0 Å². The highest BCUT2D eigenvalue weighted by Crippen LogP contribution is 2.41. The summed E-state index contributed by atoms with van der Waals surface area (Å²) in [4.78, 5) is 0. The average Bonchev–Trinajstić information content (AvgIpc) is 2.78. The lowest BCUT2D eigenvalue weighted by molar-refractivity contribution is 0.303. The molecule has 0 spiro atoms. The number of aryl methyl sites for hydroxylation is 1. The van der Waals surface area contributed by atoms with Gasteiger partial charge in [-0.15, -0.1) is 0 Å². The van der Waals surface area contributed by atoms with E-state index in [2.05, 4.69) is 23.9 Å². The molecule has 3 heteroatoms. The molecule has 2 N–H and O–H groups in total. The first-order valence-corrected chi connectivity index (χ1v) is 7.07. The molecule has 3 nitrogen and oxygen atoms in total. The summed E-state index contributed by atoms with van der Waals surface area (Å²) < 4.78 is 7.71. The molecule has 0 aliphatic heterocycles. The van der Waals surface area contributed by atoms with E-state index in [1.54, 1.807) is 7.11 Å². The van der Waals surface area contributed by atoms with Gasteiger partial charge in [-0.05, 0) is 25.0 Å². The van der Waals surface area contributed by atoms with Gasteiger partial charge in [0.25, 0.3) is 0 Å². The summed E-state index contributed by atoms with van der Waals surface area (Å²) >= 11 is 0. The van der Waals surface area contributed by atoms with Crippen LogP contribution >= 0.6 is 0 Å². The van der Waals surface area contributed by atoms with Gasteiger partial charge in [-0.2, -0.15) is 0 Å². The SMILES string of the molecule is COc1cccc2c1c(C1(N)CCCCC1)cn2C. The summed E-state index contributed by atoms with van der Waals surface area (Å²) in [5.74, 6) is 0.934. The molecule has 1 aromatic heterocycles. The highest BCUT2D eigenvalue weighted by Gasteiger charge is 2.33. The molecule has 1 aliphatic rings. The molecule has 3 rings (SSSR count). The fourth-order valence-electron chi connectivity index (χ4n) is 3.41. The van der Waals surface area contributed by atoms with E-state index >= 15 is 0 Å². The third-order valence-corrected chi connectivity index (χ3v) is 4.48. The van der Waals surface area contributed by atoms with Crippen molar-refractivity contribution < 1.29 is 4.74 Å². The Morgan fingerprint density at radius 3 is 2.63 bits per heavy atom. The summed E-state index contributed by atoms with van der Waals surface area (Å²) in [5.41, 5.74) is 8.98. The number of benzene rings is 1. The standard InChI is InChI=1S/C16H22N2O/c1-18-11-12(16(17)9-4-3-5-10-16)15-13(18)7-6-8-14(15)19-2/h6-8,11H,3-5,9-10,17H2,1-2H3. The van der Waals surface area contributed by atoms with Gasteiger partial charge in [-0.1, -0.05) is 25.3 Å². The first-order valence-electron chi connectivity index (χ1n) is 7.07. The lowest BCUT2D eigenvalue weighted by Crippen LogP contribution is -2.38. The Morgan fingerprint density at radius 1 is 1.21 bits per heavy atom. The van der Waals surface area contributed by atoms with E-state index in [4.69, 9.17) is 10.5 Å². The van der Waals surface area contributed by atoms with Crippen LogP contribution in [0, 0.1) is 0 Å². The smallest absolute Gasteiger partial charge is 0.128 e. The third kappa shape index (κ3) is 1.93. The lowest BCUT2D eigenvalue weighted by Gasteiger charge is -2.33. The number of rotatable bonds is 2. The van der Waals surface area contributed by atoms with Crippen molar-refractivity contribution >= 4 is 10.9 Å². The second-order valence-corrected chi connectivity index (χ2v) is 5.72. The molecule has 1 heterocycles. The molecule has 1 saturated carbocycles. The van der Waals surface area contributed by atoms with Gasteiger partial charge in [-0.25, -0.2) is 0 Å². The molecule has 102 valence electrons. The van der Waals surface area contributed by atoms with Crippen molar-refractivity contribution in [2.24, 2.45) is 12.8 Å². The summed E-state index contributed by atoms with van der Waals surface area (Å²) in [6, 6.07) is 6.20. The van der Waals surface area contributed by atoms with Gasteiger partial charge in [0.1, 0.15) is 5.75 Å². The van der Waals surface area contributed by atoms with Crippen LogP contribution < -0.4 is 10.5 Å². The zero-order valence-corrected chi connectivity index (χ0v) is 11.8. The minimum atomic E-state index is -0.188. The van der Waals surface area contributed by atoms with E-state index in [1.807, 2.05) is 12.1 Å². The van der Waals surface area contributed by atoms with Gasteiger partial charge < -0.3 is 15.0 Å². The van der Waals surface area contributed by atoms with Gasteiger partial charge in [0.15, 0.2) is 0 Å². The Kier molecular flexibility index (Phi) is 3.02. The van der Waals surface area contributed by atoms with Gasteiger partial charge in [0, 0.05) is 29.7 Å². The van der Waals surface area contributed by atoms with Gasteiger partial charge in [-0.3, -0.25) is 0 Å². The number of aromatic nitrogens is 1. The number of nitrogens with zero attached hydrogens (tertiary/aromatic N) is 1. The van der Waals surface area contributed by atoms with Crippen LogP contribution in [0.4, 0.5) is 0 Å². The summed E-state index contributed by atoms with van der Waals surface area (Å²) in [6.45, 7) is 0. The molecule has 2 aromatic rings. The Balaban J connectivity index is 2.23. The second kappa shape index (κ2) is 4.57. The van der Waals surface area contributed by atoms with E-state index in [0.29, 0.717) is 0 Å². The van der Waals surface area contributed by atoms with Crippen molar-refractivity contribution in [2.75, 3.05) is 7.11 Å². The molecule has 1 aliphatic carbocycles. The largest absolute Gasteiger partial charge is 0.496 e. The zero-order valence-electron chi connectivity index (χ0n) is 11.8. The van der Waals surface area contributed by atoms with Crippen LogP contribution in [0.5, 0.6) is 5.75 Å². The molecule has 0 radical (unpaired) electrons. The first kappa shape index (κ1) is 12.5. The molecular weight excluding hydrogens is 236 g/mol. The minimum absolute atomic E-state index is 0.188. The Morgan fingerprint density at radius 2 is 1.95 bits per heavy atom. The van der Waals surface area contributed by atoms with Gasteiger partial charge in [0.2, 0.25) is 0 Å². The lowest BCUT2D eigenvalue weighted by atomic mass is 9.77. The van der Waals surface area contributed by atoms with Gasteiger partial charge in [0.05, 0.1) is 12.6 Å². The molecule has 0 unspecified atom stereocenters. The Hall–Kier alpha value is -1.48. The molecule has 19 heavy (non-hydrogen) atoms. The van der Waals surface area contributed by atoms with Crippen LogP contribution in [-0.2, 0) is 12.6 Å². The predicted octanol–water partition coefficient (Wildman–Crippen LogP) is 3.31. The van der Waals surface area contributed by atoms with Gasteiger partial charge >= 0.3 is 0 Å². The number of methoxy groups -OCH3 is 1. The molecule has 0 saturated heterocycles. The molecular formula is C16H22N2O. The van der Waals surface area contributed by atoms with E-state index in [1.165, 1.54) is 35.7 Å². The van der Waals surface area contributed by atoms with Crippen molar-refractivity contribution in [3.63, 3.8) is 0 Å². The normalized spacial score (nSPS) is 18.7. The average molecular weight is 258 g/mol. The number of hydrogen-bond donors (Lipinski definition) is 1. The predicted molar refractivity (Wildman–Crippen MR) is 78.4 cm³/mol. The second-order valence-electron chi connectivity index (χ2n) is 5.72. The van der Waals surface area contributed by atoms with Crippen LogP contribution in [0.1, 0.15) is 37.7 Å². The molecule has 0 atom stereocenters. The maximum Gasteiger partial charge on any atom is 0.128 e. The zero-order chi connectivity index (χ0) is 13.5. The number of nitrogens with two attached hydrogens (primary N) is 1. The summed E-state index contributed by atoms with van der Waals surface area (Å²) in [5, 5.41) is 1.19. The van der Waals surface area contributed by atoms with E-state index in [9.17, 15) is 0 Å². The quantitative estimate of drug-likeness (QED) is 0.897. The highest BCUT2D eigenvalue weighted by molar-refractivity contribution is 5.91. The minimum Gasteiger partial charge on any atom is -0.496 e. The van der Waals surface area contributed by atoms with E-state index in [0.717, 1.165) is 18.6 Å². The van der Waals surface area contributed by atoms with Crippen LogP contribution in [0.3, 0.4) is 0 Å². The molecule has 1 fully saturated rings. The Bertz CT molecular complexity index is 594. The molecule has 0 amide bonds. The monoisotopic (exact) mass is 258 g/mol. The van der Waals surface area contributed by atoms with Crippen LogP contribution in [-0.4, -0.2) is 11.7 Å². The van der Waals surface area contributed by atoms with Crippen LogP contribution in [0.25, 0.3) is 10.9 Å². The van der Waals surface area contributed by atoms with Crippen molar-refractivity contribution in [1.82, 2.24) is 4.57 Å². The van der Waals surface area contributed by atoms with Crippen molar-refractivity contribution in [3.8, 4) is 5.75 Å². The fraction of sp³-hybridized carbons (Fsp3) is 0.500. The first-order chi connectivity index (χ1) is 9.15. The summed E-state index contributed by atoms with van der Waals surface area (Å²) in [6.07, 6.45) is 8.09. The third-order valence-electron chi connectivity index (χ3n) is 4.48. The number of hydrogen-bond acceptors (Lipinski definition) is 2. The Labute approximate surface area is 114 Å². The van der Waals surface area contributed by atoms with E-state index in [-0.39, 0.29) is 5.54 Å². The topological polar surface area (TPSA) is 40.2 Å². The maximum absolute atomic E-state index is 6.71. The summed E-state index contributed by atoms with van der Waals surface area (Å²) in [7, 11) is 3.81. The number of fused-ring (bicyclic) bond motifs is 1. The number of ether oxygens (including phenoxy) is 1. The molecule has 0 bridgehead atoms. The van der Waals surface area contributed by atoms with Crippen molar-refractivity contribution in [2.45, 2.75) is 37.6 Å². The highest BCUT2D eigenvalue weighted by atomic mass is 16.5. The van der Waals surface area contributed by atoms with E-state index < -0.39 is 0 Å². The van der Waals surface area contributed by atoms with Crippen LogP contribution in [0.15, 0.2) is 24.4 Å². The van der Waals surface area contributed by atoms with Crippen LogP contribution in [0.2, 0.25) is 0 Å². The molecule has 1 aromatic carbocycles. The van der Waals surface area contributed by atoms with Crippen molar-refractivity contribution in [1.29, 1.82) is 0 Å². The fourth-order valence-corrected chi connectivity index (χ4v) is 3.41. The maximum atomic E-state index is 6.71.